The van der Waals surface area contributed by atoms with E-state index in [1.54, 1.807) is 4.68 Å². The predicted octanol–water partition coefficient (Wildman–Crippen LogP) is -0.256. The minimum absolute atomic E-state index is 0.266. The highest BCUT2D eigenvalue weighted by Crippen LogP contribution is 2.22. The van der Waals surface area contributed by atoms with Gasteiger partial charge in [-0.15, -0.1) is 0 Å². The molecule has 1 unspecified atom stereocenters. The van der Waals surface area contributed by atoms with Crippen LogP contribution >= 0.6 is 0 Å². The number of amides is 1. The molecule has 1 aliphatic heterocycles. The van der Waals surface area contributed by atoms with Crippen molar-refractivity contribution < 1.29 is 14.6 Å². The number of rotatable bonds is 6. The first-order chi connectivity index (χ1) is 10.0. The molecule has 117 valence electrons. The number of aliphatic hydroxyl groups is 1. The molecule has 1 fully saturated rings. The average Bonchev–Trinajstić information content (AvgIpc) is 2.85. The van der Waals surface area contributed by atoms with Crippen LogP contribution < -0.4 is 5.73 Å². The molecule has 3 N–H and O–H groups in total. The van der Waals surface area contributed by atoms with Crippen molar-refractivity contribution in [3.05, 3.63) is 23.9 Å². The van der Waals surface area contributed by atoms with Gasteiger partial charge in [0.05, 0.1) is 31.6 Å². The Bertz CT molecular complexity index is 493. The van der Waals surface area contributed by atoms with Crippen molar-refractivity contribution in [3.8, 4) is 0 Å². The summed E-state index contributed by atoms with van der Waals surface area (Å²) in [4.78, 5) is 14.0. The fraction of sp³-hybridized carbons (Fsp3) is 0.643. The topological polar surface area (TPSA) is 93.6 Å². The number of nitrogens with two attached hydrogens (primary N) is 1. The molecular weight excluding hydrogens is 272 g/mol. The fourth-order valence-corrected chi connectivity index (χ4v) is 2.62. The van der Waals surface area contributed by atoms with Gasteiger partial charge in [0.25, 0.3) is 5.91 Å². The summed E-state index contributed by atoms with van der Waals surface area (Å²) in [6.45, 7) is 10.0. The van der Waals surface area contributed by atoms with Gasteiger partial charge < -0.3 is 15.6 Å². The monoisotopic (exact) mass is 295 g/mol. The SMILES string of the molecule is [CH2]C(O)c1c(CC)nn(CCN2CCOCC2)c1C(N)=O. The number of aromatic nitrogens is 2. The molecule has 0 saturated carbocycles. The quantitative estimate of drug-likeness (QED) is 0.754. The highest BCUT2D eigenvalue weighted by Gasteiger charge is 2.24. The molecule has 0 bridgehead atoms. The highest BCUT2D eigenvalue weighted by atomic mass is 16.5. The Morgan fingerprint density at radius 1 is 1.48 bits per heavy atom. The average molecular weight is 295 g/mol. The second kappa shape index (κ2) is 7.02. The van der Waals surface area contributed by atoms with Crippen molar-refractivity contribution in [2.45, 2.75) is 26.0 Å². The largest absolute Gasteiger partial charge is 0.388 e. The molecule has 0 aliphatic carbocycles. The van der Waals surface area contributed by atoms with E-state index in [1.807, 2.05) is 6.92 Å². The molecule has 1 aromatic heterocycles. The molecule has 0 spiro atoms. The molecule has 7 nitrogen and oxygen atoms in total. The molecular formula is C14H23N4O3. The second-order valence-corrected chi connectivity index (χ2v) is 5.12. The summed E-state index contributed by atoms with van der Waals surface area (Å²) in [6.07, 6.45) is -0.383. The lowest BCUT2D eigenvalue weighted by Gasteiger charge is -2.26. The Kier molecular flexibility index (Phi) is 5.33. The van der Waals surface area contributed by atoms with Crippen LogP contribution in [0.5, 0.6) is 0 Å². The van der Waals surface area contributed by atoms with Gasteiger partial charge in [-0.05, 0) is 13.3 Å². The van der Waals surface area contributed by atoms with Gasteiger partial charge in [-0.3, -0.25) is 14.4 Å². The summed E-state index contributed by atoms with van der Waals surface area (Å²) in [6, 6.07) is 0. The molecule has 0 aromatic carbocycles. The van der Waals surface area contributed by atoms with Gasteiger partial charge in [0.15, 0.2) is 0 Å². The number of ether oxygens (including phenoxy) is 1. The van der Waals surface area contributed by atoms with E-state index >= 15 is 0 Å². The molecule has 2 rings (SSSR count). The van der Waals surface area contributed by atoms with Crippen LogP contribution in [0.3, 0.4) is 0 Å². The first-order valence-electron chi connectivity index (χ1n) is 7.25. The Hall–Kier alpha value is -1.44. The third kappa shape index (κ3) is 3.61. The van der Waals surface area contributed by atoms with Crippen molar-refractivity contribution in [3.63, 3.8) is 0 Å². The minimum Gasteiger partial charge on any atom is -0.388 e. The smallest absolute Gasteiger partial charge is 0.267 e. The number of primary amides is 1. The van der Waals surface area contributed by atoms with Crippen molar-refractivity contribution in [2.75, 3.05) is 32.8 Å². The van der Waals surface area contributed by atoms with E-state index in [0.29, 0.717) is 24.2 Å². The van der Waals surface area contributed by atoms with E-state index in [0.717, 1.165) is 32.8 Å². The Balaban J connectivity index is 2.19. The van der Waals surface area contributed by atoms with E-state index in [1.165, 1.54) is 0 Å². The first kappa shape index (κ1) is 15.9. The van der Waals surface area contributed by atoms with Crippen molar-refractivity contribution >= 4 is 5.91 Å². The number of hydrogen-bond acceptors (Lipinski definition) is 5. The van der Waals surface area contributed by atoms with E-state index in [2.05, 4.69) is 16.9 Å². The van der Waals surface area contributed by atoms with E-state index in [9.17, 15) is 9.90 Å². The maximum atomic E-state index is 11.7. The zero-order valence-electron chi connectivity index (χ0n) is 12.4. The minimum atomic E-state index is -1.00. The summed E-state index contributed by atoms with van der Waals surface area (Å²) in [5.41, 5.74) is 6.85. The van der Waals surface area contributed by atoms with Crippen molar-refractivity contribution in [1.82, 2.24) is 14.7 Å². The number of hydrogen-bond donors (Lipinski definition) is 2. The number of carbonyl (C=O) groups is 1. The Morgan fingerprint density at radius 2 is 2.14 bits per heavy atom. The lowest BCUT2D eigenvalue weighted by Crippen LogP contribution is -2.38. The summed E-state index contributed by atoms with van der Waals surface area (Å²) in [5.74, 6) is -0.582. The van der Waals surface area contributed by atoms with Crippen LogP contribution in [0, 0.1) is 6.92 Å². The van der Waals surface area contributed by atoms with Gasteiger partial charge in [-0.2, -0.15) is 5.10 Å². The predicted molar refractivity (Wildman–Crippen MR) is 77.7 cm³/mol. The summed E-state index contributed by atoms with van der Waals surface area (Å²) >= 11 is 0. The van der Waals surface area contributed by atoms with Gasteiger partial charge in [0, 0.05) is 25.2 Å². The molecule has 21 heavy (non-hydrogen) atoms. The Morgan fingerprint density at radius 3 is 2.67 bits per heavy atom. The first-order valence-corrected chi connectivity index (χ1v) is 7.25. The lowest BCUT2D eigenvalue weighted by atomic mass is 10.1. The Labute approximate surface area is 124 Å². The molecule has 1 radical (unpaired) electrons. The normalized spacial score (nSPS) is 17.9. The molecule has 1 atom stereocenters. The van der Waals surface area contributed by atoms with Crippen LogP contribution in [0.1, 0.15) is 34.8 Å². The number of carbonyl (C=O) groups excluding carboxylic acids is 1. The number of morpholine rings is 1. The lowest BCUT2D eigenvalue weighted by molar-refractivity contribution is 0.0358. The maximum Gasteiger partial charge on any atom is 0.267 e. The van der Waals surface area contributed by atoms with E-state index < -0.39 is 12.0 Å². The molecule has 2 heterocycles. The standard InChI is InChI=1S/C14H23N4O3/c1-3-11-12(10(2)19)13(14(15)20)18(16-11)5-4-17-6-8-21-9-7-17/h10,19H,2-9H2,1H3,(H2,15,20). The van der Waals surface area contributed by atoms with Crippen LogP contribution in [-0.4, -0.2) is 58.5 Å². The summed E-state index contributed by atoms with van der Waals surface area (Å²) in [7, 11) is 0. The summed E-state index contributed by atoms with van der Waals surface area (Å²) < 4.78 is 6.90. The van der Waals surface area contributed by atoms with Gasteiger partial charge in [0.1, 0.15) is 5.69 Å². The van der Waals surface area contributed by atoms with Crippen LogP contribution in [0.15, 0.2) is 0 Å². The summed E-state index contributed by atoms with van der Waals surface area (Å²) in [5, 5.41) is 14.2. The molecule has 7 heteroatoms. The van der Waals surface area contributed by atoms with E-state index in [4.69, 9.17) is 10.5 Å². The fourth-order valence-electron chi connectivity index (χ4n) is 2.62. The van der Waals surface area contributed by atoms with Crippen molar-refractivity contribution in [1.29, 1.82) is 0 Å². The molecule has 1 saturated heterocycles. The van der Waals surface area contributed by atoms with Gasteiger partial charge in [-0.1, -0.05) is 6.92 Å². The van der Waals surface area contributed by atoms with Crippen LogP contribution in [0.25, 0.3) is 0 Å². The van der Waals surface area contributed by atoms with Gasteiger partial charge >= 0.3 is 0 Å². The number of aryl methyl sites for hydroxylation is 1. The van der Waals surface area contributed by atoms with Crippen LogP contribution in [-0.2, 0) is 17.7 Å². The second-order valence-electron chi connectivity index (χ2n) is 5.12. The van der Waals surface area contributed by atoms with E-state index in [-0.39, 0.29) is 5.69 Å². The maximum absolute atomic E-state index is 11.7. The molecule has 1 aromatic rings. The molecule has 1 aliphatic rings. The van der Waals surface area contributed by atoms with Crippen molar-refractivity contribution in [2.24, 2.45) is 5.73 Å². The highest BCUT2D eigenvalue weighted by molar-refractivity contribution is 5.93. The third-order valence-corrected chi connectivity index (χ3v) is 3.70. The van der Waals surface area contributed by atoms with Gasteiger partial charge in [0.2, 0.25) is 0 Å². The number of nitrogens with zero attached hydrogens (tertiary/aromatic N) is 3. The molecule has 1 amide bonds. The zero-order valence-corrected chi connectivity index (χ0v) is 12.4. The van der Waals surface area contributed by atoms with Crippen LogP contribution in [0.4, 0.5) is 0 Å². The third-order valence-electron chi connectivity index (χ3n) is 3.70. The zero-order chi connectivity index (χ0) is 15.4. The number of aliphatic hydroxyl groups excluding tert-OH is 1. The van der Waals surface area contributed by atoms with Gasteiger partial charge in [-0.25, -0.2) is 0 Å². The van der Waals surface area contributed by atoms with Crippen LogP contribution in [0.2, 0.25) is 0 Å².